The van der Waals surface area contributed by atoms with E-state index >= 15 is 0 Å². The van der Waals surface area contributed by atoms with Gasteiger partial charge in [-0.2, -0.15) is 0 Å². The first kappa shape index (κ1) is 14.8. The lowest BCUT2D eigenvalue weighted by molar-refractivity contribution is 0.349. The van der Waals surface area contributed by atoms with E-state index in [1.807, 2.05) is 0 Å². The van der Waals surface area contributed by atoms with E-state index in [2.05, 4.69) is 71.6 Å². The molecule has 2 aromatic carbocycles. The van der Waals surface area contributed by atoms with E-state index in [1.54, 1.807) is 0 Å². The van der Waals surface area contributed by atoms with Crippen molar-refractivity contribution < 1.29 is 0 Å². The van der Waals surface area contributed by atoms with Crippen molar-refractivity contribution >= 4 is 21.8 Å². The summed E-state index contributed by atoms with van der Waals surface area (Å²) in [5.41, 5.74) is 6.96. The quantitative estimate of drug-likeness (QED) is 0.438. The Morgan fingerprint density at radius 1 is 0.800 bits per heavy atom. The van der Waals surface area contributed by atoms with Crippen molar-refractivity contribution in [3.8, 4) is 0 Å². The number of aryl methyl sites for hydroxylation is 1. The molecule has 25 heavy (non-hydrogen) atoms. The average molecular weight is 328 g/mol. The van der Waals surface area contributed by atoms with Gasteiger partial charge >= 0.3 is 0 Å². The molecule has 1 aliphatic carbocycles. The van der Waals surface area contributed by atoms with Gasteiger partial charge in [0.05, 0.1) is 0 Å². The maximum atomic E-state index is 3.65. The molecule has 0 saturated heterocycles. The van der Waals surface area contributed by atoms with Crippen molar-refractivity contribution in [2.24, 2.45) is 0 Å². The van der Waals surface area contributed by atoms with Gasteiger partial charge in [0.25, 0.3) is 0 Å². The van der Waals surface area contributed by atoms with Crippen LogP contribution in [0.15, 0.2) is 54.7 Å². The number of hydrogen-bond acceptors (Lipinski definition) is 0. The van der Waals surface area contributed by atoms with Crippen LogP contribution in [-0.4, -0.2) is 9.97 Å². The lowest BCUT2D eigenvalue weighted by atomic mass is 9.64. The van der Waals surface area contributed by atoms with Crippen LogP contribution in [0.2, 0.25) is 0 Å². The number of para-hydroxylation sites is 2. The third-order valence-electron chi connectivity index (χ3n) is 6.18. The highest BCUT2D eigenvalue weighted by Crippen LogP contribution is 2.50. The highest BCUT2D eigenvalue weighted by atomic mass is 14.7. The first-order valence-corrected chi connectivity index (χ1v) is 9.44. The summed E-state index contributed by atoms with van der Waals surface area (Å²) in [4.78, 5) is 7.18. The molecule has 1 saturated carbocycles. The van der Waals surface area contributed by atoms with E-state index in [4.69, 9.17) is 0 Å². The van der Waals surface area contributed by atoms with Gasteiger partial charge in [0.1, 0.15) is 0 Å². The predicted octanol–water partition coefficient (Wildman–Crippen LogP) is 6.21. The van der Waals surface area contributed by atoms with Crippen LogP contribution in [0.4, 0.5) is 0 Å². The van der Waals surface area contributed by atoms with Crippen LogP contribution >= 0.6 is 0 Å². The fourth-order valence-corrected chi connectivity index (χ4v) is 5.17. The Morgan fingerprint density at radius 2 is 1.48 bits per heavy atom. The third-order valence-corrected chi connectivity index (χ3v) is 6.18. The van der Waals surface area contributed by atoms with Gasteiger partial charge in [-0.25, -0.2) is 0 Å². The van der Waals surface area contributed by atoms with Crippen LogP contribution in [0.1, 0.15) is 48.9 Å². The molecule has 2 N–H and O–H groups in total. The number of benzene rings is 2. The summed E-state index contributed by atoms with van der Waals surface area (Å²) in [6.07, 6.45) is 8.70. The molecule has 126 valence electrons. The number of H-pyrrole nitrogens is 2. The molecule has 0 unspecified atom stereocenters. The Kier molecular flexibility index (Phi) is 3.27. The Hall–Kier alpha value is -2.48. The zero-order valence-corrected chi connectivity index (χ0v) is 14.7. The van der Waals surface area contributed by atoms with Crippen molar-refractivity contribution in [1.82, 2.24) is 9.97 Å². The fourth-order valence-electron chi connectivity index (χ4n) is 5.17. The van der Waals surface area contributed by atoms with E-state index in [-0.39, 0.29) is 5.41 Å². The number of fused-ring (bicyclic) bond motifs is 2. The van der Waals surface area contributed by atoms with Crippen molar-refractivity contribution in [2.45, 2.75) is 44.4 Å². The van der Waals surface area contributed by atoms with Crippen LogP contribution in [0.25, 0.3) is 21.8 Å². The lowest BCUT2D eigenvalue weighted by Crippen LogP contribution is -2.30. The van der Waals surface area contributed by atoms with Gasteiger partial charge in [0, 0.05) is 39.1 Å². The standard InChI is InChI=1S/C23H24N2/c1-16-22(18-10-4-6-12-21(18)25-16)23(13-7-2-8-14-23)19-15-24-20-11-5-3-9-17(19)20/h3-6,9-12,15,24-25H,2,7-8,13-14H2,1H3. The van der Waals surface area contributed by atoms with Gasteiger partial charge in [-0.15, -0.1) is 0 Å². The van der Waals surface area contributed by atoms with Crippen molar-refractivity contribution in [3.63, 3.8) is 0 Å². The number of nitrogens with one attached hydrogen (secondary N) is 2. The topological polar surface area (TPSA) is 31.6 Å². The first-order chi connectivity index (χ1) is 12.3. The zero-order chi connectivity index (χ0) is 16.9. The van der Waals surface area contributed by atoms with Gasteiger partial charge in [-0.3, -0.25) is 0 Å². The van der Waals surface area contributed by atoms with Gasteiger partial charge in [0.15, 0.2) is 0 Å². The van der Waals surface area contributed by atoms with Crippen LogP contribution in [0.3, 0.4) is 0 Å². The van der Waals surface area contributed by atoms with Crippen molar-refractivity contribution in [3.05, 3.63) is 71.5 Å². The maximum absolute atomic E-state index is 3.65. The van der Waals surface area contributed by atoms with Crippen molar-refractivity contribution in [1.29, 1.82) is 0 Å². The van der Waals surface area contributed by atoms with Gasteiger partial charge in [0.2, 0.25) is 0 Å². The second-order valence-electron chi connectivity index (χ2n) is 7.56. The van der Waals surface area contributed by atoms with E-state index in [9.17, 15) is 0 Å². The van der Waals surface area contributed by atoms with E-state index < -0.39 is 0 Å². The molecule has 2 heterocycles. The SMILES string of the molecule is Cc1[nH]c2ccccc2c1C1(c2c[nH]c3ccccc23)CCCCC1. The minimum atomic E-state index is 0.113. The molecule has 0 aliphatic heterocycles. The number of aromatic amines is 2. The largest absolute Gasteiger partial charge is 0.361 e. The van der Waals surface area contributed by atoms with E-state index in [1.165, 1.54) is 70.7 Å². The number of hydrogen-bond donors (Lipinski definition) is 2. The summed E-state index contributed by atoms with van der Waals surface area (Å²) < 4.78 is 0. The van der Waals surface area contributed by atoms with Gasteiger partial charge < -0.3 is 9.97 Å². The second-order valence-corrected chi connectivity index (χ2v) is 7.56. The molecular formula is C23H24N2. The summed E-state index contributed by atoms with van der Waals surface area (Å²) >= 11 is 0. The molecule has 1 aliphatic rings. The van der Waals surface area contributed by atoms with Crippen molar-refractivity contribution in [2.75, 3.05) is 0 Å². The summed E-state index contributed by atoms with van der Waals surface area (Å²) in [6.45, 7) is 2.25. The third kappa shape index (κ3) is 2.10. The normalized spacial score (nSPS) is 17.3. The Labute approximate surface area is 148 Å². The fraction of sp³-hybridized carbons (Fsp3) is 0.304. The number of aromatic nitrogens is 2. The monoisotopic (exact) mass is 328 g/mol. The molecule has 0 radical (unpaired) electrons. The van der Waals surface area contributed by atoms with E-state index in [0.29, 0.717) is 0 Å². The van der Waals surface area contributed by atoms with Crippen LogP contribution in [0.5, 0.6) is 0 Å². The summed E-state index contributed by atoms with van der Waals surface area (Å²) in [5.74, 6) is 0. The van der Waals surface area contributed by atoms with Crippen LogP contribution in [0, 0.1) is 6.92 Å². The molecule has 1 fully saturated rings. The van der Waals surface area contributed by atoms with Crippen LogP contribution in [-0.2, 0) is 5.41 Å². The van der Waals surface area contributed by atoms with E-state index in [0.717, 1.165) is 0 Å². The molecule has 5 rings (SSSR count). The highest BCUT2D eigenvalue weighted by Gasteiger charge is 2.40. The molecule has 0 amide bonds. The second kappa shape index (κ2) is 5.52. The van der Waals surface area contributed by atoms with Crippen LogP contribution < -0.4 is 0 Å². The molecule has 2 heteroatoms. The first-order valence-electron chi connectivity index (χ1n) is 9.44. The Balaban J connectivity index is 1.84. The summed E-state index contributed by atoms with van der Waals surface area (Å²) in [5, 5.41) is 2.78. The smallest absolute Gasteiger partial charge is 0.0459 e. The molecule has 2 aromatic heterocycles. The Bertz CT molecular complexity index is 1040. The molecule has 0 atom stereocenters. The van der Waals surface area contributed by atoms with Gasteiger partial charge in [-0.1, -0.05) is 55.7 Å². The summed E-state index contributed by atoms with van der Waals surface area (Å²) in [7, 11) is 0. The lowest BCUT2D eigenvalue weighted by Gasteiger charge is -2.38. The maximum Gasteiger partial charge on any atom is 0.0459 e. The zero-order valence-electron chi connectivity index (χ0n) is 14.7. The average Bonchev–Trinajstić information content (AvgIpc) is 3.23. The van der Waals surface area contributed by atoms with Gasteiger partial charge in [-0.05, 0) is 43.0 Å². The summed E-state index contributed by atoms with van der Waals surface area (Å²) in [6, 6.07) is 17.5. The molecular weight excluding hydrogens is 304 g/mol. The molecule has 4 aromatic rings. The molecule has 0 bridgehead atoms. The Morgan fingerprint density at radius 3 is 2.28 bits per heavy atom. The number of rotatable bonds is 2. The minimum absolute atomic E-state index is 0.113. The molecule has 0 spiro atoms. The molecule has 2 nitrogen and oxygen atoms in total. The minimum Gasteiger partial charge on any atom is -0.361 e. The highest BCUT2D eigenvalue weighted by molar-refractivity contribution is 5.90. The predicted molar refractivity (Wildman–Crippen MR) is 105 cm³/mol.